The molecule has 1 saturated heterocycles. The summed E-state index contributed by atoms with van der Waals surface area (Å²) < 4.78 is 6.96. The van der Waals surface area contributed by atoms with E-state index in [9.17, 15) is 0 Å². The Morgan fingerprint density at radius 3 is 2.88 bits per heavy atom. The number of fused-ring (bicyclic) bond motifs is 1. The molecule has 0 bridgehead atoms. The van der Waals surface area contributed by atoms with E-state index in [1.165, 1.54) is 5.56 Å². The van der Waals surface area contributed by atoms with Gasteiger partial charge in [-0.15, -0.1) is 0 Å². The average molecular weight is 295 g/mol. The number of hydrogen-bond donors (Lipinski definition) is 1. The van der Waals surface area contributed by atoms with E-state index in [-0.39, 0.29) is 0 Å². The van der Waals surface area contributed by atoms with Crippen molar-refractivity contribution in [3.05, 3.63) is 28.1 Å². The summed E-state index contributed by atoms with van der Waals surface area (Å²) in [6, 6.07) is 4.09. The van der Waals surface area contributed by atoms with Crippen molar-refractivity contribution >= 4 is 27.0 Å². The van der Waals surface area contributed by atoms with Gasteiger partial charge < -0.3 is 9.73 Å². The number of aryl methyl sites for hydroxylation is 1. The Morgan fingerprint density at radius 2 is 2.12 bits per heavy atom. The molecule has 1 fully saturated rings. The topological polar surface area (TPSA) is 38.1 Å². The molecule has 3 rings (SSSR count). The largest absolute Gasteiger partial charge is 0.440 e. The van der Waals surface area contributed by atoms with Crippen LogP contribution >= 0.6 is 15.9 Å². The van der Waals surface area contributed by atoms with Crippen LogP contribution in [0.15, 0.2) is 21.0 Å². The van der Waals surface area contributed by atoms with E-state index in [1.807, 2.05) is 6.07 Å². The number of benzene rings is 1. The number of oxazole rings is 1. The Bertz CT molecular complexity index is 505. The molecule has 0 unspecified atom stereocenters. The minimum Gasteiger partial charge on any atom is -0.440 e. The Morgan fingerprint density at radius 1 is 1.35 bits per heavy atom. The highest BCUT2D eigenvalue weighted by Crippen LogP contribution is 2.30. The fourth-order valence-electron chi connectivity index (χ4n) is 2.31. The predicted octanol–water partition coefficient (Wildman–Crippen LogP) is 3.37. The van der Waals surface area contributed by atoms with Gasteiger partial charge in [0.15, 0.2) is 11.5 Å². The minimum absolute atomic E-state index is 0.475. The summed E-state index contributed by atoms with van der Waals surface area (Å²) in [5, 5.41) is 3.36. The van der Waals surface area contributed by atoms with Gasteiger partial charge in [0.2, 0.25) is 0 Å². The van der Waals surface area contributed by atoms with Crippen LogP contribution in [0.2, 0.25) is 0 Å². The Kier molecular flexibility index (Phi) is 2.92. The normalized spacial score (nSPS) is 17.8. The molecule has 0 radical (unpaired) electrons. The molecule has 1 aromatic carbocycles. The van der Waals surface area contributed by atoms with Gasteiger partial charge in [-0.2, -0.15) is 0 Å². The lowest BCUT2D eigenvalue weighted by Gasteiger charge is -2.19. The monoisotopic (exact) mass is 294 g/mol. The lowest BCUT2D eigenvalue weighted by atomic mass is 9.98. The van der Waals surface area contributed by atoms with Crippen LogP contribution in [0.3, 0.4) is 0 Å². The van der Waals surface area contributed by atoms with Gasteiger partial charge in [0, 0.05) is 10.4 Å². The minimum atomic E-state index is 0.475. The second kappa shape index (κ2) is 4.42. The van der Waals surface area contributed by atoms with E-state index in [1.54, 1.807) is 0 Å². The molecule has 0 amide bonds. The molecule has 0 saturated carbocycles. The Hall–Kier alpha value is -0.870. The molecule has 1 aliphatic heterocycles. The summed E-state index contributed by atoms with van der Waals surface area (Å²) in [5.74, 6) is 1.38. The van der Waals surface area contributed by atoms with Gasteiger partial charge in [0.25, 0.3) is 0 Å². The van der Waals surface area contributed by atoms with Crippen molar-refractivity contribution in [2.24, 2.45) is 0 Å². The van der Waals surface area contributed by atoms with Gasteiger partial charge in [-0.3, -0.25) is 0 Å². The van der Waals surface area contributed by atoms with Crippen molar-refractivity contribution < 1.29 is 4.42 Å². The Balaban J connectivity index is 2.00. The smallest absolute Gasteiger partial charge is 0.198 e. The summed E-state index contributed by atoms with van der Waals surface area (Å²) in [4.78, 5) is 4.62. The number of piperidine rings is 1. The highest BCUT2D eigenvalue weighted by molar-refractivity contribution is 9.10. The maximum Gasteiger partial charge on any atom is 0.198 e. The first kappa shape index (κ1) is 11.2. The molecule has 90 valence electrons. The standard InChI is InChI=1S/C13H15BrN2O/c1-8-6-11-12(7-10(8)14)17-13(16-11)9-2-4-15-5-3-9/h6-7,9,15H,2-5H2,1H3. The molecule has 0 aliphatic carbocycles. The predicted molar refractivity (Wildman–Crippen MR) is 71.3 cm³/mol. The van der Waals surface area contributed by atoms with Gasteiger partial charge in [-0.25, -0.2) is 4.98 Å². The highest BCUT2D eigenvalue weighted by atomic mass is 79.9. The summed E-state index contributed by atoms with van der Waals surface area (Å²) in [7, 11) is 0. The summed E-state index contributed by atoms with van der Waals surface area (Å²) in [6.07, 6.45) is 2.24. The SMILES string of the molecule is Cc1cc2nc(C3CCNCC3)oc2cc1Br. The fraction of sp³-hybridized carbons (Fsp3) is 0.462. The molecule has 17 heavy (non-hydrogen) atoms. The van der Waals surface area contributed by atoms with Gasteiger partial charge in [-0.1, -0.05) is 15.9 Å². The summed E-state index contributed by atoms with van der Waals surface area (Å²) in [6.45, 7) is 4.20. The molecule has 4 heteroatoms. The average Bonchev–Trinajstić information content (AvgIpc) is 2.74. The quantitative estimate of drug-likeness (QED) is 0.876. The van der Waals surface area contributed by atoms with E-state index in [0.29, 0.717) is 5.92 Å². The van der Waals surface area contributed by atoms with Crippen molar-refractivity contribution in [3.8, 4) is 0 Å². The van der Waals surface area contributed by atoms with Crippen molar-refractivity contribution in [2.45, 2.75) is 25.7 Å². The van der Waals surface area contributed by atoms with Crippen LogP contribution in [0, 0.1) is 6.92 Å². The maximum absolute atomic E-state index is 5.87. The van der Waals surface area contributed by atoms with Crippen LogP contribution in [-0.4, -0.2) is 18.1 Å². The number of rotatable bonds is 1. The van der Waals surface area contributed by atoms with Crippen LogP contribution in [-0.2, 0) is 0 Å². The lowest BCUT2D eigenvalue weighted by Crippen LogP contribution is -2.26. The zero-order valence-corrected chi connectivity index (χ0v) is 11.4. The van der Waals surface area contributed by atoms with E-state index < -0.39 is 0 Å². The van der Waals surface area contributed by atoms with Gasteiger partial charge >= 0.3 is 0 Å². The molecule has 1 N–H and O–H groups in total. The number of halogens is 1. The second-order valence-corrected chi connectivity index (χ2v) is 5.50. The third-order valence-corrected chi connectivity index (χ3v) is 4.23. The van der Waals surface area contributed by atoms with Crippen molar-refractivity contribution in [3.63, 3.8) is 0 Å². The zero-order chi connectivity index (χ0) is 11.8. The first-order valence-electron chi connectivity index (χ1n) is 6.01. The molecule has 3 nitrogen and oxygen atoms in total. The zero-order valence-electron chi connectivity index (χ0n) is 9.79. The molecule has 0 atom stereocenters. The molecule has 1 aliphatic rings. The number of nitrogens with one attached hydrogen (secondary N) is 1. The lowest BCUT2D eigenvalue weighted by molar-refractivity contribution is 0.385. The summed E-state index contributed by atoms with van der Waals surface area (Å²) in [5.41, 5.74) is 3.05. The molecule has 2 heterocycles. The van der Waals surface area contributed by atoms with E-state index in [0.717, 1.165) is 47.4 Å². The van der Waals surface area contributed by atoms with E-state index in [4.69, 9.17) is 4.42 Å². The summed E-state index contributed by atoms with van der Waals surface area (Å²) >= 11 is 3.52. The van der Waals surface area contributed by atoms with Crippen LogP contribution in [0.25, 0.3) is 11.1 Å². The van der Waals surface area contributed by atoms with Crippen LogP contribution in [0.4, 0.5) is 0 Å². The van der Waals surface area contributed by atoms with E-state index >= 15 is 0 Å². The fourth-order valence-corrected chi connectivity index (χ4v) is 2.64. The molecule has 2 aromatic rings. The maximum atomic E-state index is 5.87. The molecular weight excluding hydrogens is 280 g/mol. The van der Waals surface area contributed by atoms with Crippen molar-refractivity contribution in [2.75, 3.05) is 13.1 Å². The third kappa shape index (κ3) is 2.11. The van der Waals surface area contributed by atoms with Gasteiger partial charge in [-0.05, 0) is 50.6 Å². The molecule has 0 spiro atoms. The van der Waals surface area contributed by atoms with Gasteiger partial charge in [0.1, 0.15) is 5.52 Å². The number of hydrogen-bond acceptors (Lipinski definition) is 3. The van der Waals surface area contributed by atoms with E-state index in [2.05, 4.69) is 39.2 Å². The van der Waals surface area contributed by atoms with Gasteiger partial charge in [0.05, 0.1) is 0 Å². The first-order valence-corrected chi connectivity index (χ1v) is 6.80. The highest BCUT2D eigenvalue weighted by Gasteiger charge is 2.20. The number of nitrogens with zero attached hydrogens (tertiary/aromatic N) is 1. The van der Waals surface area contributed by atoms with Crippen LogP contribution in [0.5, 0.6) is 0 Å². The first-order chi connectivity index (χ1) is 8.24. The van der Waals surface area contributed by atoms with Crippen LogP contribution in [0.1, 0.15) is 30.2 Å². The molecule has 1 aromatic heterocycles. The second-order valence-electron chi connectivity index (χ2n) is 4.65. The molecular formula is C13H15BrN2O. The van der Waals surface area contributed by atoms with Crippen molar-refractivity contribution in [1.29, 1.82) is 0 Å². The number of aromatic nitrogens is 1. The Labute approximate surface area is 109 Å². The van der Waals surface area contributed by atoms with Crippen LogP contribution < -0.4 is 5.32 Å². The van der Waals surface area contributed by atoms with Crippen molar-refractivity contribution in [1.82, 2.24) is 10.3 Å². The third-order valence-electron chi connectivity index (χ3n) is 3.37.